The number of carbonyl (C=O) groups is 1. The molecular weight excluding hydrogens is 358 g/mol. The van der Waals surface area contributed by atoms with E-state index >= 15 is 0 Å². The van der Waals surface area contributed by atoms with Gasteiger partial charge < -0.3 is 14.2 Å². The minimum absolute atomic E-state index is 0.0816. The molecule has 0 atom stereocenters. The SMILES string of the molecule is COc1cc(OC)cc(C(=O)n2nc(OC)nc2-c2ccc(Cl)cc2)c1. The maximum absolute atomic E-state index is 13.0. The summed E-state index contributed by atoms with van der Waals surface area (Å²) in [6, 6.07) is 11.9. The van der Waals surface area contributed by atoms with Gasteiger partial charge in [0, 0.05) is 22.2 Å². The van der Waals surface area contributed by atoms with E-state index in [1.54, 1.807) is 42.5 Å². The Morgan fingerprint density at radius 1 is 0.962 bits per heavy atom. The van der Waals surface area contributed by atoms with Crippen LogP contribution < -0.4 is 14.2 Å². The topological polar surface area (TPSA) is 75.5 Å². The van der Waals surface area contributed by atoms with Crippen LogP contribution in [-0.4, -0.2) is 42.0 Å². The number of benzene rings is 2. The van der Waals surface area contributed by atoms with Gasteiger partial charge in [-0.1, -0.05) is 11.6 Å². The first-order valence-corrected chi connectivity index (χ1v) is 7.98. The van der Waals surface area contributed by atoms with Gasteiger partial charge in [0.25, 0.3) is 5.91 Å². The van der Waals surface area contributed by atoms with Crippen LogP contribution in [0.3, 0.4) is 0 Å². The summed E-state index contributed by atoms with van der Waals surface area (Å²) in [5.74, 6) is 0.925. The smallest absolute Gasteiger partial charge is 0.336 e. The van der Waals surface area contributed by atoms with Gasteiger partial charge in [-0.3, -0.25) is 4.79 Å². The highest BCUT2D eigenvalue weighted by atomic mass is 35.5. The average molecular weight is 374 g/mol. The Bertz CT molecular complexity index is 916. The summed E-state index contributed by atoms with van der Waals surface area (Å²) in [6.07, 6.45) is 0. The van der Waals surface area contributed by atoms with Crippen molar-refractivity contribution in [3.05, 3.63) is 53.1 Å². The molecule has 1 heterocycles. The van der Waals surface area contributed by atoms with Gasteiger partial charge in [0.2, 0.25) is 0 Å². The number of hydrogen-bond acceptors (Lipinski definition) is 6. The van der Waals surface area contributed by atoms with Gasteiger partial charge in [0.15, 0.2) is 5.82 Å². The summed E-state index contributed by atoms with van der Waals surface area (Å²) in [5, 5.41) is 4.71. The molecule has 0 bridgehead atoms. The van der Waals surface area contributed by atoms with Crippen molar-refractivity contribution in [1.82, 2.24) is 14.8 Å². The lowest BCUT2D eigenvalue weighted by molar-refractivity contribution is 0.0944. The van der Waals surface area contributed by atoms with Crippen LogP contribution in [0.4, 0.5) is 0 Å². The maximum Gasteiger partial charge on any atom is 0.336 e. The molecule has 3 rings (SSSR count). The Labute approximate surface area is 155 Å². The van der Waals surface area contributed by atoms with Crippen molar-refractivity contribution in [2.45, 2.75) is 0 Å². The zero-order valence-corrected chi connectivity index (χ0v) is 15.1. The molecule has 0 aliphatic heterocycles. The lowest BCUT2D eigenvalue weighted by Gasteiger charge is -2.09. The number of hydrogen-bond donors (Lipinski definition) is 0. The van der Waals surface area contributed by atoms with E-state index in [0.717, 1.165) is 0 Å². The Morgan fingerprint density at radius 2 is 1.58 bits per heavy atom. The zero-order chi connectivity index (χ0) is 18.7. The number of carbonyl (C=O) groups excluding carboxylic acids is 1. The molecule has 3 aromatic rings. The third-order valence-corrected chi connectivity index (χ3v) is 3.92. The molecule has 26 heavy (non-hydrogen) atoms. The fourth-order valence-electron chi connectivity index (χ4n) is 2.36. The van der Waals surface area contributed by atoms with E-state index in [0.29, 0.717) is 33.5 Å². The highest BCUT2D eigenvalue weighted by Crippen LogP contribution is 2.26. The fourth-order valence-corrected chi connectivity index (χ4v) is 2.49. The van der Waals surface area contributed by atoms with E-state index in [-0.39, 0.29) is 6.01 Å². The van der Waals surface area contributed by atoms with Crippen molar-refractivity contribution >= 4 is 17.5 Å². The molecule has 0 saturated heterocycles. The first kappa shape index (κ1) is 17.8. The molecule has 0 saturated carbocycles. The third kappa shape index (κ3) is 3.48. The minimum Gasteiger partial charge on any atom is -0.497 e. The third-order valence-electron chi connectivity index (χ3n) is 3.66. The number of aromatic nitrogens is 3. The molecule has 2 aromatic carbocycles. The van der Waals surface area contributed by atoms with E-state index in [4.69, 9.17) is 25.8 Å². The van der Waals surface area contributed by atoms with Crippen molar-refractivity contribution in [3.8, 4) is 28.9 Å². The van der Waals surface area contributed by atoms with Crippen LogP contribution in [0.25, 0.3) is 11.4 Å². The Morgan fingerprint density at radius 3 is 2.12 bits per heavy atom. The van der Waals surface area contributed by atoms with Crippen molar-refractivity contribution in [2.24, 2.45) is 0 Å². The quantitative estimate of drug-likeness (QED) is 0.683. The molecule has 7 nitrogen and oxygen atoms in total. The van der Waals surface area contributed by atoms with Crippen LogP contribution in [0.5, 0.6) is 17.5 Å². The zero-order valence-electron chi connectivity index (χ0n) is 14.4. The number of methoxy groups -OCH3 is 3. The number of ether oxygens (including phenoxy) is 3. The first-order valence-electron chi connectivity index (χ1n) is 7.60. The van der Waals surface area contributed by atoms with Crippen LogP contribution >= 0.6 is 11.6 Å². The van der Waals surface area contributed by atoms with Crippen molar-refractivity contribution in [3.63, 3.8) is 0 Å². The molecular formula is C18H16ClN3O4. The highest BCUT2D eigenvalue weighted by Gasteiger charge is 2.21. The summed E-state index contributed by atoms with van der Waals surface area (Å²) in [6.45, 7) is 0. The summed E-state index contributed by atoms with van der Waals surface area (Å²) in [5.41, 5.74) is 1.01. The van der Waals surface area contributed by atoms with Gasteiger partial charge >= 0.3 is 6.01 Å². The second kappa shape index (κ2) is 7.45. The fraction of sp³-hybridized carbons (Fsp3) is 0.167. The van der Waals surface area contributed by atoms with Crippen LogP contribution in [0.2, 0.25) is 5.02 Å². The molecule has 8 heteroatoms. The van der Waals surface area contributed by atoms with E-state index in [9.17, 15) is 4.79 Å². The van der Waals surface area contributed by atoms with E-state index in [2.05, 4.69) is 10.1 Å². The molecule has 0 spiro atoms. The summed E-state index contributed by atoms with van der Waals surface area (Å²) >= 11 is 5.93. The van der Waals surface area contributed by atoms with Crippen molar-refractivity contribution in [2.75, 3.05) is 21.3 Å². The van der Waals surface area contributed by atoms with Gasteiger partial charge in [-0.25, -0.2) is 0 Å². The average Bonchev–Trinajstić information content (AvgIpc) is 3.11. The molecule has 0 aliphatic rings. The molecule has 0 amide bonds. The van der Waals surface area contributed by atoms with Crippen LogP contribution in [0, 0.1) is 0 Å². The van der Waals surface area contributed by atoms with E-state index < -0.39 is 5.91 Å². The Balaban J connectivity index is 2.10. The van der Waals surface area contributed by atoms with Crippen LogP contribution in [0.1, 0.15) is 10.4 Å². The lowest BCUT2D eigenvalue weighted by atomic mass is 10.1. The normalized spacial score (nSPS) is 10.5. The number of halogens is 1. The van der Waals surface area contributed by atoms with Gasteiger partial charge in [0.05, 0.1) is 21.3 Å². The largest absolute Gasteiger partial charge is 0.497 e. The molecule has 0 N–H and O–H groups in total. The van der Waals surface area contributed by atoms with Gasteiger partial charge in [-0.15, -0.1) is 5.10 Å². The van der Waals surface area contributed by atoms with Gasteiger partial charge in [0.1, 0.15) is 11.5 Å². The molecule has 0 aliphatic carbocycles. The van der Waals surface area contributed by atoms with E-state index in [1.807, 2.05) is 0 Å². The van der Waals surface area contributed by atoms with Gasteiger partial charge in [-0.05, 0) is 36.4 Å². The standard InChI is InChI=1S/C18H16ClN3O4/c1-24-14-8-12(9-15(10-14)25-2)17(23)22-16(20-18(21-22)26-3)11-4-6-13(19)7-5-11/h4-10H,1-3H3. The number of nitrogens with zero attached hydrogens (tertiary/aromatic N) is 3. The molecule has 1 aromatic heterocycles. The predicted octanol–water partition coefficient (Wildman–Crippen LogP) is 3.31. The summed E-state index contributed by atoms with van der Waals surface area (Å²) in [4.78, 5) is 17.3. The molecule has 134 valence electrons. The predicted molar refractivity (Wildman–Crippen MR) is 96.3 cm³/mol. The second-order valence-electron chi connectivity index (χ2n) is 5.25. The summed E-state index contributed by atoms with van der Waals surface area (Å²) in [7, 11) is 4.46. The molecule has 0 radical (unpaired) electrons. The van der Waals surface area contributed by atoms with Crippen LogP contribution in [0.15, 0.2) is 42.5 Å². The first-order chi connectivity index (χ1) is 12.5. The van der Waals surface area contributed by atoms with Gasteiger partial charge in [-0.2, -0.15) is 9.67 Å². The minimum atomic E-state index is -0.400. The highest BCUT2D eigenvalue weighted by molar-refractivity contribution is 6.30. The Hall–Kier alpha value is -3.06. The number of rotatable bonds is 5. The second-order valence-corrected chi connectivity index (χ2v) is 5.68. The lowest BCUT2D eigenvalue weighted by Crippen LogP contribution is -2.15. The van der Waals surface area contributed by atoms with Crippen LogP contribution in [-0.2, 0) is 0 Å². The van der Waals surface area contributed by atoms with E-state index in [1.165, 1.54) is 26.0 Å². The van der Waals surface area contributed by atoms with Crippen molar-refractivity contribution < 1.29 is 19.0 Å². The molecule has 0 unspecified atom stereocenters. The monoisotopic (exact) mass is 373 g/mol. The Kier molecular flexibility index (Phi) is 5.09. The summed E-state index contributed by atoms with van der Waals surface area (Å²) < 4.78 is 16.7. The molecule has 0 fully saturated rings. The van der Waals surface area contributed by atoms with Crippen molar-refractivity contribution in [1.29, 1.82) is 0 Å². The maximum atomic E-state index is 13.0.